The molecule has 0 bridgehead atoms. The van der Waals surface area contributed by atoms with Crippen molar-refractivity contribution >= 4 is 16.8 Å². The Morgan fingerprint density at radius 1 is 1.04 bits per heavy atom. The topological polar surface area (TPSA) is 44.9 Å². The van der Waals surface area contributed by atoms with Crippen LogP contribution in [-0.4, -0.2) is 17.4 Å². The third-order valence-electron chi connectivity index (χ3n) is 4.39. The zero-order valence-corrected chi connectivity index (χ0v) is 14.1. The molecule has 3 heteroatoms. The largest absolute Gasteiger partial charge is 0.361 e. The minimum atomic E-state index is -0.00289. The van der Waals surface area contributed by atoms with Gasteiger partial charge in [0.2, 0.25) is 0 Å². The summed E-state index contributed by atoms with van der Waals surface area (Å²) in [5.74, 6) is -0.00289. The van der Waals surface area contributed by atoms with Gasteiger partial charge in [-0.25, -0.2) is 0 Å². The molecule has 1 heterocycles. The summed E-state index contributed by atoms with van der Waals surface area (Å²) >= 11 is 0. The summed E-state index contributed by atoms with van der Waals surface area (Å²) in [7, 11) is 0. The van der Waals surface area contributed by atoms with Gasteiger partial charge in [0.15, 0.2) is 0 Å². The molecule has 0 saturated heterocycles. The molecule has 0 spiro atoms. The number of hydrogen-bond donors (Lipinski definition) is 2. The molecule has 2 N–H and O–H groups in total. The fourth-order valence-electron chi connectivity index (χ4n) is 2.95. The van der Waals surface area contributed by atoms with Crippen molar-refractivity contribution in [2.24, 2.45) is 0 Å². The van der Waals surface area contributed by atoms with Crippen LogP contribution in [0.3, 0.4) is 0 Å². The zero-order valence-electron chi connectivity index (χ0n) is 14.1. The summed E-state index contributed by atoms with van der Waals surface area (Å²) in [6.45, 7) is 2.83. The van der Waals surface area contributed by atoms with Crippen molar-refractivity contribution in [2.45, 2.75) is 32.6 Å². The van der Waals surface area contributed by atoms with Crippen molar-refractivity contribution in [3.05, 3.63) is 71.4 Å². The third-order valence-corrected chi connectivity index (χ3v) is 4.39. The molecule has 0 aliphatic heterocycles. The molecule has 1 aromatic heterocycles. The van der Waals surface area contributed by atoms with Crippen molar-refractivity contribution in [2.75, 3.05) is 6.54 Å². The predicted molar refractivity (Wildman–Crippen MR) is 99.4 cm³/mol. The summed E-state index contributed by atoms with van der Waals surface area (Å²) in [5, 5.41) is 4.24. The van der Waals surface area contributed by atoms with Gasteiger partial charge in [0.05, 0.1) is 0 Å². The molecular formula is C21H24N2O. The fourth-order valence-corrected chi connectivity index (χ4v) is 2.95. The van der Waals surface area contributed by atoms with E-state index in [2.05, 4.69) is 41.5 Å². The molecule has 124 valence electrons. The molecular weight excluding hydrogens is 296 g/mol. The van der Waals surface area contributed by atoms with E-state index in [1.165, 1.54) is 29.4 Å². The number of fused-ring (bicyclic) bond motifs is 1. The number of amides is 1. The summed E-state index contributed by atoms with van der Waals surface area (Å²) in [5.41, 5.74) is 4.41. The lowest BCUT2D eigenvalue weighted by Gasteiger charge is -2.06. The predicted octanol–water partition coefficient (Wildman–Crippen LogP) is 4.48. The van der Waals surface area contributed by atoms with Crippen molar-refractivity contribution in [1.29, 1.82) is 0 Å². The molecule has 0 aliphatic carbocycles. The lowest BCUT2D eigenvalue weighted by Crippen LogP contribution is -2.25. The third kappa shape index (κ3) is 3.85. The number of unbranched alkanes of at least 4 members (excludes halogenated alkanes) is 1. The van der Waals surface area contributed by atoms with Crippen LogP contribution >= 0.6 is 0 Å². The highest BCUT2D eigenvalue weighted by atomic mass is 16.1. The number of nitrogens with one attached hydrogen (secondary N) is 2. The van der Waals surface area contributed by atoms with Gasteiger partial charge >= 0.3 is 0 Å². The molecule has 0 unspecified atom stereocenters. The number of carbonyl (C=O) groups excluding carboxylic acids is 1. The number of aryl methyl sites for hydroxylation is 1. The molecule has 3 nitrogen and oxygen atoms in total. The van der Waals surface area contributed by atoms with Crippen LogP contribution in [0.4, 0.5) is 0 Å². The fraction of sp³-hybridized carbons (Fsp3) is 0.286. The smallest absolute Gasteiger partial charge is 0.251 e. The van der Waals surface area contributed by atoms with E-state index in [4.69, 9.17) is 0 Å². The summed E-state index contributed by atoms with van der Waals surface area (Å²) in [6.07, 6.45) is 6.31. The van der Waals surface area contributed by atoms with E-state index in [0.29, 0.717) is 6.54 Å². The first-order valence-electron chi connectivity index (χ1n) is 8.70. The Hall–Kier alpha value is -2.55. The first-order chi connectivity index (χ1) is 11.8. The normalized spacial score (nSPS) is 10.9. The van der Waals surface area contributed by atoms with Gasteiger partial charge in [0.25, 0.3) is 5.91 Å². The summed E-state index contributed by atoms with van der Waals surface area (Å²) < 4.78 is 0. The Bertz CT molecular complexity index is 802. The average molecular weight is 320 g/mol. The van der Waals surface area contributed by atoms with Crippen LogP contribution in [0, 0.1) is 0 Å². The zero-order chi connectivity index (χ0) is 16.8. The monoisotopic (exact) mass is 320 g/mol. The maximum atomic E-state index is 12.2. The van der Waals surface area contributed by atoms with E-state index < -0.39 is 0 Å². The molecule has 0 atom stereocenters. The average Bonchev–Trinajstić information content (AvgIpc) is 3.03. The number of aromatic nitrogens is 1. The lowest BCUT2D eigenvalue weighted by atomic mass is 10.1. The maximum Gasteiger partial charge on any atom is 0.251 e. The second-order valence-corrected chi connectivity index (χ2v) is 6.17. The first kappa shape index (κ1) is 16.3. The molecule has 3 aromatic rings. The first-order valence-corrected chi connectivity index (χ1v) is 8.70. The lowest BCUT2D eigenvalue weighted by molar-refractivity contribution is 0.0954. The van der Waals surface area contributed by atoms with Gasteiger partial charge in [-0.1, -0.05) is 43.7 Å². The van der Waals surface area contributed by atoms with Crippen LogP contribution in [0.25, 0.3) is 10.9 Å². The van der Waals surface area contributed by atoms with Crippen molar-refractivity contribution in [3.8, 4) is 0 Å². The number of H-pyrrole nitrogens is 1. The number of carbonyl (C=O) groups is 1. The van der Waals surface area contributed by atoms with Crippen molar-refractivity contribution < 1.29 is 4.79 Å². The van der Waals surface area contributed by atoms with E-state index in [1.54, 1.807) is 0 Å². The number of benzene rings is 2. The van der Waals surface area contributed by atoms with Crippen LogP contribution < -0.4 is 5.32 Å². The Labute approximate surface area is 143 Å². The second-order valence-electron chi connectivity index (χ2n) is 6.17. The summed E-state index contributed by atoms with van der Waals surface area (Å²) in [6, 6.07) is 16.2. The molecule has 24 heavy (non-hydrogen) atoms. The molecule has 3 rings (SSSR count). The van der Waals surface area contributed by atoms with E-state index in [0.717, 1.165) is 23.9 Å². The molecule has 1 amide bonds. The van der Waals surface area contributed by atoms with Gasteiger partial charge in [-0.3, -0.25) is 4.79 Å². The SMILES string of the molecule is CCCCc1ccc(C(=O)NCCc2c[nH]c3ccccc23)cc1. The molecule has 2 aromatic carbocycles. The van der Waals surface area contributed by atoms with Crippen molar-refractivity contribution in [1.82, 2.24) is 10.3 Å². The van der Waals surface area contributed by atoms with E-state index in [-0.39, 0.29) is 5.91 Å². The van der Waals surface area contributed by atoms with Crippen molar-refractivity contribution in [3.63, 3.8) is 0 Å². The van der Waals surface area contributed by atoms with Gasteiger partial charge in [0.1, 0.15) is 0 Å². The summed E-state index contributed by atoms with van der Waals surface area (Å²) in [4.78, 5) is 15.5. The Morgan fingerprint density at radius 3 is 2.62 bits per heavy atom. The van der Waals surface area contributed by atoms with E-state index in [1.807, 2.05) is 30.5 Å². The molecule has 0 radical (unpaired) electrons. The van der Waals surface area contributed by atoms with Gasteiger partial charge < -0.3 is 10.3 Å². The van der Waals surface area contributed by atoms with Gasteiger partial charge in [-0.05, 0) is 48.6 Å². The van der Waals surface area contributed by atoms with Gasteiger partial charge in [-0.2, -0.15) is 0 Å². The van der Waals surface area contributed by atoms with Gasteiger partial charge in [0, 0.05) is 29.2 Å². The van der Waals surface area contributed by atoms with E-state index >= 15 is 0 Å². The van der Waals surface area contributed by atoms with Crippen LogP contribution in [0.2, 0.25) is 0 Å². The quantitative estimate of drug-likeness (QED) is 0.662. The Kier molecular flexibility index (Phi) is 5.32. The van der Waals surface area contributed by atoms with Crippen LogP contribution in [0.1, 0.15) is 41.3 Å². The van der Waals surface area contributed by atoms with E-state index in [9.17, 15) is 4.79 Å². The molecule has 0 aliphatic rings. The van der Waals surface area contributed by atoms with Crippen LogP contribution in [0.5, 0.6) is 0 Å². The Balaban J connectivity index is 1.53. The minimum absolute atomic E-state index is 0.00289. The number of rotatable bonds is 7. The Morgan fingerprint density at radius 2 is 1.83 bits per heavy atom. The minimum Gasteiger partial charge on any atom is -0.361 e. The number of para-hydroxylation sites is 1. The van der Waals surface area contributed by atoms with Crippen LogP contribution in [0.15, 0.2) is 54.7 Å². The van der Waals surface area contributed by atoms with Gasteiger partial charge in [-0.15, -0.1) is 0 Å². The maximum absolute atomic E-state index is 12.2. The number of aromatic amines is 1. The molecule has 0 fully saturated rings. The highest BCUT2D eigenvalue weighted by Gasteiger charge is 2.06. The number of hydrogen-bond acceptors (Lipinski definition) is 1. The highest BCUT2D eigenvalue weighted by Crippen LogP contribution is 2.17. The van der Waals surface area contributed by atoms with Crippen LogP contribution in [-0.2, 0) is 12.8 Å². The highest BCUT2D eigenvalue weighted by molar-refractivity contribution is 5.94. The molecule has 0 saturated carbocycles. The standard InChI is InChI=1S/C21H24N2O/c1-2-3-6-16-9-11-17(12-10-16)21(24)22-14-13-18-15-23-20-8-5-4-7-19(18)20/h4-5,7-12,15,23H,2-3,6,13-14H2,1H3,(H,22,24). The second kappa shape index (κ2) is 7.82.